The largest absolute Gasteiger partial charge is 0.465 e. The number of nitrogens with two attached hydrogens (primary N) is 1. The summed E-state index contributed by atoms with van der Waals surface area (Å²) in [6.45, 7) is 2.79. The standard InChI is InChI=1S/C15H23N3O2/c1-11-5-3-4-7-15(11,10-16)18-13-9-12(6-8-17-13)14(19)20-2/h6,8-9,11H,3-5,7,10,16H2,1-2H3,(H,17,18). The number of anilines is 1. The van der Waals surface area contributed by atoms with Crippen molar-refractivity contribution in [2.24, 2.45) is 11.7 Å². The van der Waals surface area contributed by atoms with Crippen molar-refractivity contribution in [1.82, 2.24) is 4.98 Å². The van der Waals surface area contributed by atoms with Crippen molar-refractivity contribution in [3.63, 3.8) is 0 Å². The van der Waals surface area contributed by atoms with E-state index in [1.54, 1.807) is 18.3 Å². The second kappa shape index (κ2) is 6.22. The molecule has 0 bridgehead atoms. The topological polar surface area (TPSA) is 77.2 Å². The Morgan fingerprint density at radius 3 is 3.05 bits per heavy atom. The van der Waals surface area contributed by atoms with E-state index in [0.29, 0.717) is 23.8 Å². The molecule has 5 heteroatoms. The average molecular weight is 277 g/mol. The molecule has 5 nitrogen and oxygen atoms in total. The highest BCUT2D eigenvalue weighted by molar-refractivity contribution is 5.90. The normalized spacial score (nSPS) is 26.1. The Balaban J connectivity index is 2.21. The maximum atomic E-state index is 11.6. The summed E-state index contributed by atoms with van der Waals surface area (Å²) in [5.41, 5.74) is 6.39. The van der Waals surface area contributed by atoms with Gasteiger partial charge in [-0.1, -0.05) is 19.8 Å². The van der Waals surface area contributed by atoms with Crippen LogP contribution in [-0.2, 0) is 4.74 Å². The fraction of sp³-hybridized carbons (Fsp3) is 0.600. The first-order valence-corrected chi connectivity index (χ1v) is 7.14. The molecule has 0 aliphatic heterocycles. The van der Waals surface area contributed by atoms with Gasteiger partial charge >= 0.3 is 5.97 Å². The van der Waals surface area contributed by atoms with Gasteiger partial charge in [-0.2, -0.15) is 0 Å². The molecule has 0 aromatic carbocycles. The molecule has 20 heavy (non-hydrogen) atoms. The summed E-state index contributed by atoms with van der Waals surface area (Å²) in [4.78, 5) is 15.9. The molecule has 2 atom stereocenters. The van der Waals surface area contributed by atoms with Gasteiger partial charge < -0.3 is 15.8 Å². The van der Waals surface area contributed by atoms with Crippen LogP contribution in [0.1, 0.15) is 43.0 Å². The minimum absolute atomic E-state index is 0.125. The number of rotatable bonds is 4. The van der Waals surface area contributed by atoms with Crippen molar-refractivity contribution in [3.05, 3.63) is 23.9 Å². The second-order valence-electron chi connectivity index (χ2n) is 5.55. The zero-order valence-electron chi connectivity index (χ0n) is 12.2. The van der Waals surface area contributed by atoms with Gasteiger partial charge in [0.1, 0.15) is 5.82 Å². The van der Waals surface area contributed by atoms with Gasteiger partial charge in [-0.05, 0) is 30.9 Å². The highest BCUT2D eigenvalue weighted by Crippen LogP contribution is 2.35. The van der Waals surface area contributed by atoms with Crippen LogP contribution in [0.4, 0.5) is 5.82 Å². The SMILES string of the molecule is COC(=O)c1ccnc(NC2(CN)CCCCC2C)c1. The number of carbonyl (C=O) groups excluding carboxylic acids is 1. The van der Waals surface area contributed by atoms with Crippen molar-refractivity contribution in [1.29, 1.82) is 0 Å². The Hall–Kier alpha value is -1.62. The van der Waals surface area contributed by atoms with Crippen molar-refractivity contribution in [2.75, 3.05) is 19.0 Å². The molecule has 1 aliphatic carbocycles. The second-order valence-corrected chi connectivity index (χ2v) is 5.55. The van der Waals surface area contributed by atoms with Crippen LogP contribution >= 0.6 is 0 Å². The number of methoxy groups -OCH3 is 1. The van der Waals surface area contributed by atoms with Gasteiger partial charge in [-0.15, -0.1) is 0 Å². The van der Waals surface area contributed by atoms with Gasteiger partial charge in [0.15, 0.2) is 0 Å². The van der Waals surface area contributed by atoms with Crippen molar-refractivity contribution in [3.8, 4) is 0 Å². The molecule has 0 saturated heterocycles. The third-order valence-electron chi connectivity index (χ3n) is 4.38. The Kier molecular flexibility index (Phi) is 4.60. The van der Waals surface area contributed by atoms with Crippen LogP contribution in [0.2, 0.25) is 0 Å². The Morgan fingerprint density at radius 2 is 2.40 bits per heavy atom. The van der Waals surface area contributed by atoms with Crippen LogP contribution in [-0.4, -0.2) is 30.1 Å². The number of nitrogens with zero attached hydrogens (tertiary/aromatic N) is 1. The quantitative estimate of drug-likeness (QED) is 0.825. The number of ether oxygens (including phenoxy) is 1. The Morgan fingerprint density at radius 1 is 1.60 bits per heavy atom. The van der Waals surface area contributed by atoms with Gasteiger partial charge in [0, 0.05) is 12.7 Å². The lowest BCUT2D eigenvalue weighted by Gasteiger charge is -2.43. The summed E-state index contributed by atoms with van der Waals surface area (Å²) in [5.74, 6) is 0.825. The van der Waals surface area contributed by atoms with Gasteiger partial charge in [0.2, 0.25) is 0 Å². The van der Waals surface area contributed by atoms with Crippen molar-refractivity contribution < 1.29 is 9.53 Å². The van der Waals surface area contributed by atoms with E-state index in [-0.39, 0.29) is 11.5 Å². The molecule has 0 spiro atoms. The number of carbonyl (C=O) groups is 1. The third kappa shape index (κ3) is 2.93. The number of nitrogens with one attached hydrogen (secondary N) is 1. The van der Waals surface area contributed by atoms with E-state index < -0.39 is 0 Å². The number of aromatic nitrogens is 1. The fourth-order valence-electron chi connectivity index (χ4n) is 2.95. The summed E-state index contributed by atoms with van der Waals surface area (Å²) in [7, 11) is 1.38. The maximum absolute atomic E-state index is 11.6. The predicted molar refractivity (Wildman–Crippen MR) is 78.6 cm³/mol. The lowest BCUT2D eigenvalue weighted by atomic mass is 9.73. The van der Waals surface area contributed by atoms with Gasteiger partial charge in [0.05, 0.1) is 18.2 Å². The summed E-state index contributed by atoms with van der Waals surface area (Å²) >= 11 is 0. The molecule has 1 aromatic rings. The van der Waals surface area contributed by atoms with Gasteiger partial charge in [-0.3, -0.25) is 0 Å². The van der Waals surface area contributed by atoms with Crippen LogP contribution in [0, 0.1) is 5.92 Å². The Labute approximate surface area is 119 Å². The first kappa shape index (κ1) is 14.8. The highest BCUT2D eigenvalue weighted by Gasteiger charge is 2.37. The van der Waals surface area contributed by atoms with Crippen LogP contribution in [0.5, 0.6) is 0 Å². The minimum atomic E-state index is -0.353. The smallest absolute Gasteiger partial charge is 0.338 e. The van der Waals surface area contributed by atoms with E-state index in [4.69, 9.17) is 10.5 Å². The van der Waals surface area contributed by atoms with Crippen molar-refractivity contribution in [2.45, 2.75) is 38.1 Å². The molecule has 0 amide bonds. The number of pyridine rings is 1. The van der Waals surface area contributed by atoms with E-state index >= 15 is 0 Å². The molecule has 1 fully saturated rings. The van der Waals surface area contributed by atoms with Gasteiger partial charge in [0.25, 0.3) is 0 Å². The molecule has 3 N–H and O–H groups in total. The molecule has 110 valence electrons. The molecule has 2 unspecified atom stereocenters. The summed E-state index contributed by atoms with van der Waals surface area (Å²) < 4.78 is 4.73. The van der Waals surface area contributed by atoms with E-state index in [2.05, 4.69) is 17.2 Å². The lowest BCUT2D eigenvalue weighted by molar-refractivity contribution is 0.0600. The number of esters is 1. The summed E-state index contributed by atoms with van der Waals surface area (Å²) in [6, 6.07) is 3.38. The zero-order chi connectivity index (χ0) is 14.6. The predicted octanol–water partition coefficient (Wildman–Crippen LogP) is 2.19. The van der Waals surface area contributed by atoms with E-state index in [1.807, 2.05) is 0 Å². The average Bonchev–Trinajstić information content (AvgIpc) is 2.49. The van der Waals surface area contributed by atoms with Crippen LogP contribution < -0.4 is 11.1 Å². The molecular weight excluding hydrogens is 254 g/mol. The highest BCUT2D eigenvalue weighted by atomic mass is 16.5. The number of hydrogen-bond donors (Lipinski definition) is 2. The fourth-order valence-corrected chi connectivity index (χ4v) is 2.95. The first-order chi connectivity index (χ1) is 9.61. The molecule has 1 aromatic heterocycles. The monoisotopic (exact) mass is 277 g/mol. The van der Waals surface area contributed by atoms with Crippen LogP contribution in [0.15, 0.2) is 18.3 Å². The summed E-state index contributed by atoms with van der Waals surface area (Å²) in [5, 5.41) is 3.47. The molecule has 1 saturated carbocycles. The first-order valence-electron chi connectivity index (χ1n) is 7.14. The van der Waals surface area contributed by atoms with Gasteiger partial charge in [-0.25, -0.2) is 9.78 Å². The van der Waals surface area contributed by atoms with Crippen LogP contribution in [0.3, 0.4) is 0 Å². The van der Waals surface area contributed by atoms with Crippen LogP contribution in [0.25, 0.3) is 0 Å². The van der Waals surface area contributed by atoms with E-state index in [0.717, 1.165) is 6.42 Å². The molecule has 1 heterocycles. The summed E-state index contributed by atoms with van der Waals surface area (Å²) in [6.07, 6.45) is 6.24. The molecule has 0 radical (unpaired) electrons. The van der Waals surface area contributed by atoms with E-state index in [9.17, 15) is 4.79 Å². The molecular formula is C15H23N3O2. The number of hydrogen-bond acceptors (Lipinski definition) is 5. The zero-order valence-corrected chi connectivity index (χ0v) is 12.2. The van der Waals surface area contributed by atoms with Crippen molar-refractivity contribution >= 4 is 11.8 Å². The molecule has 1 aliphatic rings. The lowest BCUT2D eigenvalue weighted by Crippen LogP contribution is -2.52. The Bertz CT molecular complexity index is 478. The van der Waals surface area contributed by atoms with E-state index in [1.165, 1.54) is 26.4 Å². The third-order valence-corrected chi connectivity index (χ3v) is 4.38. The minimum Gasteiger partial charge on any atom is -0.465 e. The molecule has 2 rings (SSSR count). The maximum Gasteiger partial charge on any atom is 0.338 e.